The van der Waals surface area contributed by atoms with Gasteiger partial charge in [-0.2, -0.15) is 0 Å². The van der Waals surface area contributed by atoms with Crippen molar-refractivity contribution in [3.8, 4) is 0 Å². The van der Waals surface area contributed by atoms with Crippen molar-refractivity contribution in [3.63, 3.8) is 0 Å². The Labute approximate surface area is 95.2 Å². The highest BCUT2D eigenvalue weighted by Gasteiger charge is 2.37. The zero-order valence-electron chi connectivity index (χ0n) is 9.17. The molecule has 0 bridgehead atoms. The third-order valence-corrected chi connectivity index (χ3v) is 2.98. The lowest BCUT2D eigenvalue weighted by atomic mass is 9.79. The largest absolute Gasteiger partial charge is 0.368 e. The van der Waals surface area contributed by atoms with Crippen LogP contribution in [0.25, 0.3) is 0 Å². The van der Waals surface area contributed by atoms with E-state index in [-0.39, 0.29) is 5.92 Å². The molecule has 1 aliphatic rings. The lowest BCUT2D eigenvalue weighted by Crippen LogP contribution is -2.36. The lowest BCUT2D eigenvalue weighted by Gasteiger charge is -2.35. The maximum atomic E-state index is 11.1. The second-order valence-electron chi connectivity index (χ2n) is 3.77. The van der Waals surface area contributed by atoms with E-state index in [9.17, 15) is 4.79 Å². The molecule has 0 radical (unpaired) electrons. The number of hydrogen-bond acceptors (Lipinski definition) is 2. The average molecular weight is 214 g/mol. The molecule has 0 heterocycles. The van der Waals surface area contributed by atoms with Crippen LogP contribution in [0.2, 0.25) is 0 Å². The van der Waals surface area contributed by atoms with Crippen LogP contribution in [0.1, 0.15) is 5.56 Å². The Morgan fingerprint density at radius 1 is 1.25 bits per heavy atom. The van der Waals surface area contributed by atoms with Crippen molar-refractivity contribution in [2.24, 2.45) is 5.92 Å². The summed E-state index contributed by atoms with van der Waals surface area (Å²) in [7, 11) is 1.63. The maximum absolute atomic E-state index is 11.1. The van der Waals surface area contributed by atoms with Gasteiger partial charge in [0.1, 0.15) is 11.9 Å². The molecular weight excluding hydrogens is 200 g/mol. The Morgan fingerprint density at radius 3 is 2.62 bits per heavy atom. The Hall–Kier alpha value is -1.67. The minimum absolute atomic E-state index is 0.273. The van der Waals surface area contributed by atoms with Crippen molar-refractivity contribution >= 4 is 6.29 Å². The first-order valence-electron chi connectivity index (χ1n) is 5.25. The predicted molar refractivity (Wildman–Crippen MR) is 63.0 cm³/mol. The van der Waals surface area contributed by atoms with Crippen LogP contribution in [0.3, 0.4) is 0 Å². The Balaban J connectivity index is 2.50. The van der Waals surface area contributed by atoms with E-state index in [4.69, 9.17) is 4.74 Å². The summed E-state index contributed by atoms with van der Waals surface area (Å²) < 4.78 is 5.60. The number of methoxy groups -OCH3 is 1. The summed E-state index contributed by atoms with van der Waals surface area (Å²) >= 11 is 0. The van der Waals surface area contributed by atoms with Gasteiger partial charge in [0.25, 0.3) is 0 Å². The molecule has 2 rings (SSSR count). The number of allylic oxidation sites excluding steroid dienone is 2. The van der Waals surface area contributed by atoms with Gasteiger partial charge in [-0.1, -0.05) is 48.6 Å². The molecule has 0 aromatic heterocycles. The molecule has 1 aliphatic carbocycles. The first kappa shape index (κ1) is 10.8. The third-order valence-electron chi connectivity index (χ3n) is 2.98. The molecule has 0 spiro atoms. The van der Waals surface area contributed by atoms with Gasteiger partial charge < -0.3 is 9.53 Å². The van der Waals surface area contributed by atoms with E-state index in [1.165, 1.54) is 0 Å². The van der Waals surface area contributed by atoms with Crippen LogP contribution < -0.4 is 0 Å². The van der Waals surface area contributed by atoms with Crippen LogP contribution in [0, 0.1) is 5.92 Å². The highest BCUT2D eigenvalue weighted by Crippen LogP contribution is 2.36. The summed E-state index contributed by atoms with van der Waals surface area (Å²) in [5, 5.41) is 0. The van der Waals surface area contributed by atoms with Crippen molar-refractivity contribution in [1.82, 2.24) is 0 Å². The number of ether oxygens (including phenoxy) is 1. The molecule has 2 nitrogen and oxygen atoms in total. The first-order chi connectivity index (χ1) is 7.83. The molecule has 1 aromatic rings. The molecule has 1 aromatic carbocycles. The van der Waals surface area contributed by atoms with Gasteiger partial charge in [-0.15, -0.1) is 0 Å². The van der Waals surface area contributed by atoms with E-state index in [1.54, 1.807) is 7.11 Å². The van der Waals surface area contributed by atoms with Gasteiger partial charge in [0.2, 0.25) is 0 Å². The molecule has 82 valence electrons. The van der Waals surface area contributed by atoms with Gasteiger partial charge in [0.15, 0.2) is 0 Å². The van der Waals surface area contributed by atoms with Gasteiger partial charge in [-0.05, 0) is 11.6 Å². The number of aldehydes is 1. The summed E-state index contributed by atoms with van der Waals surface area (Å²) in [6.07, 6.45) is 8.51. The highest BCUT2D eigenvalue weighted by atomic mass is 16.5. The van der Waals surface area contributed by atoms with Crippen molar-refractivity contribution in [2.75, 3.05) is 7.11 Å². The number of benzene rings is 1. The molecule has 2 heteroatoms. The summed E-state index contributed by atoms with van der Waals surface area (Å²) in [5.74, 6) is -0.273. The molecule has 0 N–H and O–H groups in total. The van der Waals surface area contributed by atoms with E-state index >= 15 is 0 Å². The zero-order valence-corrected chi connectivity index (χ0v) is 9.17. The highest BCUT2D eigenvalue weighted by molar-refractivity contribution is 5.62. The number of carbonyl (C=O) groups excluding carboxylic acids is 1. The van der Waals surface area contributed by atoms with Gasteiger partial charge >= 0.3 is 0 Å². The van der Waals surface area contributed by atoms with Gasteiger partial charge in [-0.3, -0.25) is 0 Å². The normalized spacial score (nSPS) is 27.9. The van der Waals surface area contributed by atoms with Crippen LogP contribution >= 0.6 is 0 Å². The van der Waals surface area contributed by atoms with Crippen LogP contribution in [-0.4, -0.2) is 13.4 Å². The first-order valence-corrected chi connectivity index (χ1v) is 5.25. The van der Waals surface area contributed by atoms with Crippen molar-refractivity contribution < 1.29 is 9.53 Å². The summed E-state index contributed by atoms with van der Waals surface area (Å²) in [6, 6.07) is 9.80. The van der Waals surface area contributed by atoms with E-state index < -0.39 is 5.60 Å². The van der Waals surface area contributed by atoms with Crippen LogP contribution in [0.15, 0.2) is 54.6 Å². The molecule has 0 amide bonds. The smallest absolute Gasteiger partial charge is 0.130 e. The predicted octanol–water partition coefficient (Wildman–Crippen LogP) is 2.47. The zero-order chi connectivity index (χ0) is 11.4. The molecule has 0 saturated carbocycles. The second-order valence-corrected chi connectivity index (χ2v) is 3.77. The summed E-state index contributed by atoms with van der Waals surface area (Å²) in [5.41, 5.74) is 0.341. The minimum atomic E-state index is -0.655. The number of hydrogen-bond donors (Lipinski definition) is 0. The van der Waals surface area contributed by atoms with Gasteiger partial charge in [0, 0.05) is 7.11 Å². The molecule has 2 atom stereocenters. The molecular formula is C14H14O2. The van der Waals surface area contributed by atoms with E-state index in [1.807, 2.05) is 54.6 Å². The van der Waals surface area contributed by atoms with E-state index in [0.717, 1.165) is 11.8 Å². The summed E-state index contributed by atoms with van der Waals surface area (Å²) in [6.45, 7) is 0. The fraction of sp³-hybridized carbons (Fsp3) is 0.214. The SMILES string of the molecule is COC1(c2ccccc2)C=CC=CC1C=O. The fourth-order valence-corrected chi connectivity index (χ4v) is 2.09. The van der Waals surface area contributed by atoms with E-state index in [0.29, 0.717) is 0 Å². The standard InChI is InChI=1S/C14H14O2/c1-16-14(12-7-3-2-4-8-12)10-6-5-9-13(14)11-15/h2-11,13H,1H3. The minimum Gasteiger partial charge on any atom is -0.368 e. The van der Waals surface area contributed by atoms with Crippen LogP contribution in [0.4, 0.5) is 0 Å². The van der Waals surface area contributed by atoms with Crippen LogP contribution in [0.5, 0.6) is 0 Å². The molecule has 0 saturated heterocycles. The maximum Gasteiger partial charge on any atom is 0.130 e. The molecule has 0 fully saturated rings. The average Bonchev–Trinajstić information content (AvgIpc) is 2.39. The monoisotopic (exact) mass is 214 g/mol. The Morgan fingerprint density at radius 2 is 2.00 bits per heavy atom. The Bertz CT molecular complexity index is 420. The second kappa shape index (κ2) is 4.45. The quantitative estimate of drug-likeness (QED) is 0.722. The fourth-order valence-electron chi connectivity index (χ4n) is 2.09. The third kappa shape index (κ3) is 1.61. The topological polar surface area (TPSA) is 26.3 Å². The van der Waals surface area contributed by atoms with Crippen molar-refractivity contribution in [3.05, 3.63) is 60.2 Å². The summed E-state index contributed by atoms with van der Waals surface area (Å²) in [4.78, 5) is 11.1. The Kier molecular flexibility index (Phi) is 3.02. The molecule has 16 heavy (non-hydrogen) atoms. The van der Waals surface area contributed by atoms with E-state index in [2.05, 4.69) is 0 Å². The number of rotatable bonds is 3. The van der Waals surface area contributed by atoms with Crippen molar-refractivity contribution in [1.29, 1.82) is 0 Å². The van der Waals surface area contributed by atoms with Crippen molar-refractivity contribution in [2.45, 2.75) is 5.60 Å². The van der Waals surface area contributed by atoms with Gasteiger partial charge in [-0.25, -0.2) is 0 Å². The lowest BCUT2D eigenvalue weighted by molar-refractivity contribution is -0.117. The molecule has 0 aliphatic heterocycles. The number of carbonyl (C=O) groups is 1. The van der Waals surface area contributed by atoms with Crippen LogP contribution in [-0.2, 0) is 15.1 Å². The van der Waals surface area contributed by atoms with Gasteiger partial charge in [0.05, 0.1) is 5.92 Å². The molecule has 2 unspecified atom stereocenters.